The van der Waals surface area contributed by atoms with E-state index in [-0.39, 0.29) is 6.04 Å². The molecular formula is C9H18N2O2S. The van der Waals surface area contributed by atoms with E-state index >= 15 is 0 Å². The van der Waals surface area contributed by atoms with Gasteiger partial charge in [-0.15, -0.1) is 0 Å². The van der Waals surface area contributed by atoms with Crippen LogP contribution in [0.3, 0.4) is 0 Å². The Labute approximate surface area is 85.4 Å². The fraction of sp³-hybridized carbons (Fsp3) is 1.00. The maximum Gasteiger partial charge on any atom is 0.153 e. The largest absolute Gasteiger partial charge is 0.329 e. The van der Waals surface area contributed by atoms with Crippen LogP contribution in [0.1, 0.15) is 19.3 Å². The van der Waals surface area contributed by atoms with Gasteiger partial charge in [-0.3, -0.25) is 4.90 Å². The van der Waals surface area contributed by atoms with Crippen LogP contribution in [-0.4, -0.2) is 50.0 Å². The second kappa shape index (κ2) is 3.79. The first-order chi connectivity index (χ1) is 6.62. The molecule has 1 atom stereocenters. The van der Waals surface area contributed by atoms with Gasteiger partial charge in [-0.05, 0) is 19.4 Å². The molecule has 2 aliphatic heterocycles. The predicted octanol–water partition coefficient (Wildman–Crippen LogP) is -0.403. The van der Waals surface area contributed by atoms with Crippen LogP contribution in [0.2, 0.25) is 0 Å². The van der Waals surface area contributed by atoms with E-state index in [9.17, 15) is 8.42 Å². The highest BCUT2D eigenvalue weighted by atomic mass is 32.2. The molecule has 14 heavy (non-hydrogen) atoms. The molecule has 0 aromatic carbocycles. The Hall–Kier alpha value is -0.130. The molecule has 1 unspecified atom stereocenters. The smallest absolute Gasteiger partial charge is 0.153 e. The third kappa shape index (κ3) is 1.94. The fourth-order valence-electron chi connectivity index (χ4n) is 2.49. The van der Waals surface area contributed by atoms with Crippen LogP contribution in [0.5, 0.6) is 0 Å². The van der Waals surface area contributed by atoms with Gasteiger partial charge in [-0.2, -0.15) is 0 Å². The second-order valence-electron chi connectivity index (χ2n) is 4.35. The molecule has 0 saturated carbocycles. The Balaban J connectivity index is 1.96. The molecule has 0 amide bonds. The summed E-state index contributed by atoms with van der Waals surface area (Å²) in [5, 5.41) is 0. The molecule has 2 rings (SSSR count). The minimum Gasteiger partial charge on any atom is -0.329 e. The quantitative estimate of drug-likeness (QED) is 0.685. The molecule has 0 spiro atoms. The van der Waals surface area contributed by atoms with Gasteiger partial charge in [-0.25, -0.2) is 8.42 Å². The van der Waals surface area contributed by atoms with Gasteiger partial charge in [0.15, 0.2) is 9.84 Å². The van der Waals surface area contributed by atoms with Crippen molar-refractivity contribution in [2.75, 3.05) is 24.6 Å². The lowest BCUT2D eigenvalue weighted by Crippen LogP contribution is -2.59. The van der Waals surface area contributed by atoms with Crippen LogP contribution >= 0.6 is 0 Å². The standard InChI is InChI=1S/C9H18N2O2S/c10-5-8-3-1-2-4-11(8)9-6-14(12,13)7-9/h8-9H,1-7,10H2. The number of hydrogen-bond donors (Lipinski definition) is 1. The molecule has 82 valence electrons. The molecule has 5 heteroatoms. The van der Waals surface area contributed by atoms with Gasteiger partial charge in [0.05, 0.1) is 11.5 Å². The molecule has 0 bridgehead atoms. The lowest BCUT2D eigenvalue weighted by Gasteiger charge is -2.44. The molecule has 2 fully saturated rings. The van der Waals surface area contributed by atoms with Gasteiger partial charge in [0.2, 0.25) is 0 Å². The van der Waals surface area contributed by atoms with Crippen molar-refractivity contribution in [1.82, 2.24) is 4.90 Å². The summed E-state index contributed by atoms with van der Waals surface area (Å²) < 4.78 is 22.2. The Bertz CT molecular complexity index is 290. The Morgan fingerprint density at radius 3 is 2.57 bits per heavy atom. The van der Waals surface area contributed by atoms with Gasteiger partial charge in [0.25, 0.3) is 0 Å². The number of nitrogens with two attached hydrogens (primary N) is 1. The summed E-state index contributed by atoms with van der Waals surface area (Å²) in [6.07, 6.45) is 3.55. The SMILES string of the molecule is NCC1CCCCN1C1CS(=O)(=O)C1. The van der Waals surface area contributed by atoms with Crippen LogP contribution in [0.25, 0.3) is 0 Å². The Morgan fingerprint density at radius 2 is 2.00 bits per heavy atom. The summed E-state index contributed by atoms with van der Waals surface area (Å²) in [6, 6.07) is 0.679. The van der Waals surface area contributed by atoms with E-state index in [1.807, 2.05) is 0 Å². The lowest BCUT2D eigenvalue weighted by atomic mass is 10.0. The maximum atomic E-state index is 11.1. The van der Waals surface area contributed by atoms with Gasteiger partial charge in [0, 0.05) is 18.6 Å². The lowest BCUT2D eigenvalue weighted by molar-refractivity contribution is 0.112. The van der Waals surface area contributed by atoms with Crippen LogP contribution in [-0.2, 0) is 9.84 Å². The van der Waals surface area contributed by atoms with E-state index < -0.39 is 9.84 Å². The number of rotatable bonds is 2. The molecule has 2 heterocycles. The minimum absolute atomic E-state index is 0.258. The van der Waals surface area contributed by atoms with Crippen molar-refractivity contribution in [2.45, 2.75) is 31.3 Å². The number of piperidine rings is 1. The first-order valence-corrected chi connectivity index (χ1v) is 7.11. The van der Waals surface area contributed by atoms with Crippen LogP contribution < -0.4 is 5.73 Å². The van der Waals surface area contributed by atoms with E-state index in [0.717, 1.165) is 13.0 Å². The molecule has 2 N–H and O–H groups in total. The number of hydrogen-bond acceptors (Lipinski definition) is 4. The molecular weight excluding hydrogens is 200 g/mol. The molecule has 2 aliphatic rings. The number of likely N-dealkylation sites (tertiary alicyclic amines) is 1. The average Bonchev–Trinajstić information content (AvgIpc) is 2.14. The Kier molecular flexibility index (Phi) is 2.81. The summed E-state index contributed by atoms with van der Waals surface area (Å²) in [5.41, 5.74) is 5.69. The molecule has 0 aromatic heterocycles. The van der Waals surface area contributed by atoms with Crippen molar-refractivity contribution in [3.63, 3.8) is 0 Å². The summed E-state index contributed by atoms with van der Waals surface area (Å²) in [7, 11) is -2.69. The van der Waals surface area contributed by atoms with Crippen molar-refractivity contribution < 1.29 is 8.42 Å². The van der Waals surface area contributed by atoms with Crippen LogP contribution in [0, 0.1) is 0 Å². The van der Waals surface area contributed by atoms with Crippen LogP contribution in [0.15, 0.2) is 0 Å². The maximum absolute atomic E-state index is 11.1. The zero-order valence-corrected chi connectivity index (χ0v) is 9.17. The van der Waals surface area contributed by atoms with E-state index in [2.05, 4.69) is 4.90 Å². The number of sulfone groups is 1. The van der Waals surface area contributed by atoms with Crippen molar-refractivity contribution >= 4 is 9.84 Å². The van der Waals surface area contributed by atoms with Crippen LogP contribution in [0.4, 0.5) is 0 Å². The molecule has 0 aliphatic carbocycles. The topological polar surface area (TPSA) is 63.4 Å². The summed E-state index contributed by atoms with van der Waals surface area (Å²) >= 11 is 0. The van der Waals surface area contributed by atoms with Crippen molar-refractivity contribution in [2.24, 2.45) is 5.73 Å². The predicted molar refractivity (Wildman–Crippen MR) is 55.8 cm³/mol. The van der Waals surface area contributed by atoms with Crippen molar-refractivity contribution in [3.8, 4) is 0 Å². The zero-order chi connectivity index (χ0) is 10.2. The first kappa shape index (κ1) is 10.4. The highest BCUT2D eigenvalue weighted by Gasteiger charge is 2.40. The average molecular weight is 218 g/mol. The van der Waals surface area contributed by atoms with Crippen molar-refractivity contribution in [3.05, 3.63) is 0 Å². The van der Waals surface area contributed by atoms with E-state index in [0.29, 0.717) is 24.1 Å². The number of nitrogens with zero attached hydrogens (tertiary/aromatic N) is 1. The van der Waals surface area contributed by atoms with E-state index in [4.69, 9.17) is 5.73 Å². The molecule has 0 aromatic rings. The summed E-state index contributed by atoms with van der Waals surface area (Å²) in [4.78, 5) is 2.31. The van der Waals surface area contributed by atoms with E-state index in [1.165, 1.54) is 12.8 Å². The van der Waals surface area contributed by atoms with Gasteiger partial charge < -0.3 is 5.73 Å². The van der Waals surface area contributed by atoms with Gasteiger partial charge in [-0.1, -0.05) is 6.42 Å². The first-order valence-electron chi connectivity index (χ1n) is 5.28. The third-order valence-electron chi connectivity index (χ3n) is 3.31. The zero-order valence-electron chi connectivity index (χ0n) is 8.35. The minimum atomic E-state index is -2.69. The Morgan fingerprint density at radius 1 is 1.29 bits per heavy atom. The third-order valence-corrected chi connectivity index (χ3v) is 5.09. The molecule has 0 radical (unpaired) electrons. The monoisotopic (exact) mass is 218 g/mol. The van der Waals surface area contributed by atoms with Gasteiger partial charge in [0.1, 0.15) is 0 Å². The molecule has 4 nitrogen and oxygen atoms in total. The normalized spacial score (nSPS) is 33.9. The second-order valence-corrected chi connectivity index (χ2v) is 6.51. The highest BCUT2D eigenvalue weighted by Crippen LogP contribution is 2.25. The van der Waals surface area contributed by atoms with Gasteiger partial charge >= 0.3 is 0 Å². The molecule has 2 saturated heterocycles. The fourth-order valence-corrected chi connectivity index (χ4v) is 3.94. The highest BCUT2D eigenvalue weighted by molar-refractivity contribution is 7.92. The van der Waals surface area contributed by atoms with Crippen molar-refractivity contribution in [1.29, 1.82) is 0 Å². The summed E-state index contributed by atoms with van der Waals surface area (Å²) in [5.74, 6) is 0.701. The summed E-state index contributed by atoms with van der Waals surface area (Å²) in [6.45, 7) is 1.69. The van der Waals surface area contributed by atoms with E-state index in [1.54, 1.807) is 0 Å².